The topological polar surface area (TPSA) is 45.2 Å². The zero-order chi connectivity index (χ0) is 27.1. The molecule has 0 amide bonds. The standard InChI is InChI=1S/C32H41FN2O3/c1-5-34(6-2)16-17-38-32-15-8-23(18-30(32)33)22-35(7-3)31-21-28(37-4)13-14-29(31)26-10-9-25-20-27(36)12-11-24(25)19-26/h8,11-15,18,20-21,26,36H,5-7,9-10,16-17,19,22H2,1-4H3/t26-/m1/s1. The van der Waals surface area contributed by atoms with E-state index in [-0.39, 0.29) is 5.82 Å². The number of rotatable bonds is 12. The molecule has 0 saturated heterocycles. The Labute approximate surface area is 226 Å². The van der Waals surface area contributed by atoms with Gasteiger partial charge in [0.1, 0.15) is 18.1 Å². The minimum Gasteiger partial charge on any atom is -0.508 e. The highest BCUT2D eigenvalue weighted by atomic mass is 19.1. The van der Waals surface area contributed by atoms with Gasteiger partial charge in [-0.1, -0.05) is 32.0 Å². The van der Waals surface area contributed by atoms with Crippen LogP contribution in [0.1, 0.15) is 55.4 Å². The van der Waals surface area contributed by atoms with Crippen LogP contribution in [-0.4, -0.2) is 49.9 Å². The molecular formula is C32H41FN2O3. The van der Waals surface area contributed by atoms with Crippen LogP contribution in [-0.2, 0) is 19.4 Å². The van der Waals surface area contributed by atoms with Crippen molar-refractivity contribution in [3.63, 3.8) is 0 Å². The van der Waals surface area contributed by atoms with Crippen LogP contribution in [0.3, 0.4) is 0 Å². The second kappa shape index (κ2) is 13.0. The number of hydrogen-bond acceptors (Lipinski definition) is 5. The smallest absolute Gasteiger partial charge is 0.165 e. The maximum atomic E-state index is 15.0. The summed E-state index contributed by atoms with van der Waals surface area (Å²) in [6.07, 6.45) is 2.88. The number of fused-ring (bicyclic) bond motifs is 1. The van der Waals surface area contributed by atoms with Crippen LogP contribution in [0.2, 0.25) is 0 Å². The highest BCUT2D eigenvalue weighted by Gasteiger charge is 2.25. The average Bonchev–Trinajstić information content (AvgIpc) is 2.94. The molecule has 0 aromatic heterocycles. The van der Waals surface area contributed by atoms with E-state index in [1.54, 1.807) is 25.3 Å². The van der Waals surface area contributed by atoms with Crippen LogP contribution in [0.5, 0.6) is 17.2 Å². The third kappa shape index (κ3) is 6.60. The minimum absolute atomic E-state index is 0.304. The Morgan fingerprint density at radius 2 is 1.76 bits per heavy atom. The van der Waals surface area contributed by atoms with E-state index in [4.69, 9.17) is 9.47 Å². The summed E-state index contributed by atoms with van der Waals surface area (Å²) in [5.74, 6) is 1.48. The molecule has 1 atom stereocenters. The third-order valence-electron chi connectivity index (χ3n) is 7.75. The summed E-state index contributed by atoms with van der Waals surface area (Å²) in [5, 5.41) is 9.88. The molecule has 0 spiro atoms. The van der Waals surface area contributed by atoms with Gasteiger partial charge < -0.3 is 24.4 Å². The van der Waals surface area contributed by atoms with Crippen LogP contribution < -0.4 is 14.4 Å². The second-order valence-electron chi connectivity index (χ2n) is 9.97. The average molecular weight is 521 g/mol. The number of phenolic OH excluding ortho intramolecular Hbond substituents is 1. The number of anilines is 1. The molecule has 6 heteroatoms. The van der Waals surface area contributed by atoms with E-state index in [1.165, 1.54) is 16.7 Å². The molecule has 3 aromatic carbocycles. The predicted octanol–water partition coefficient (Wildman–Crippen LogP) is 6.56. The number of ether oxygens (including phenoxy) is 2. The van der Waals surface area contributed by atoms with Gasteiger partial charge in [-0.2, -0.15) is 0 Å². The van der Waals surface area contributed by atoms with Gasteiger partial charge in [-0.15, -0.1) is 0 Å². The van der Waals surface area contributed by atoms with Crippen molar-refractivity contribution < 1.29 is 19.0 Å². The first-order valence-corrected chi connectivity index (χ1v) is 13.8. The van der Waals surface area contributed by atoms with Crippen molar-refractivity contribution in [1.29, 1.82) is 0 Å². The van der Waals surface area contributed by atoms with Gasteiger partial charge in [-0.25, -0.2) is 4.39 Å². The lowest BCUT2D eigenvalue weighted by Gasteiger charge is -2.32. The number of methoxy groups -OCH3 is 1. The molecular weight excluding hydrogens is 479 g/mol. The van der Waals surface area contributed by atoms with Gasteiger partial charge in [0.05, 0.1) is 7.11 Å². The maximum absolute atomic E-state index is 15.0. The molecule has 0 unspecified atom stereocenters. The van der Waals surface area contributed by atoms with E-state index in [0.717, 1.165) is 62.4 Å². The Kier molecular flexibility index (Phi) is 9.51. The van der Waals surface area contributed by atoms with E-state index < -0.39 is 0 Å². The van der Waals surface area contributed by atoms with Crippen LogP contribution in [0.15, 0.2) is 54.6 Å². The van der Waals surface area contributed by atoms with Crippen LogP contribution in [0, 0.1) is 5.82 Å². The van der Waals surface area contributed by atoms with Gasteiger partial charge in [0.25, 0.3) is 0 Å². The molecule has 1 N–H and O–H groups in total. The van der Waals surface area contributed by atoms with Crippen LogP contribution >= 0.6 is 0 Å². The van der Waals surface area contributed by atoms with Gasteiger partial charge in [-0.3, -0.25) is 0 Å². The lowest BCUT2D eigenvalue weighted by atomic mass is 9.79. The monoisotopic (exact) mass is 520 g/mol. The van der Waals surface area contributed by atoms with Crippen LogP contribution in [0.4, 0.5) is 10.1 Å². The summed E-state index contributed by atoms with van der Waals surface area (Å²) in [6.45, 7) is 10.9. The SMILES string of the molecule is CCN(CC)CCOc1ccc(CN(CC)c2cc(OC)ccc2[C@@H]2CCc3cc(O)ccc3C2)cc1F. The third-order valence-corrected chi connectivity index (χ3v) is 7.75. The fourth-order valence-electron chi connectivity index (χ4n) is 5.45. The van der Waals surface area contributed by atoms with Crippen molar-refractivity contribution in [1.82, 2.24) is 4.90 Å². The lowest BCUT2D eigenvalue weighted by Crippen LogP contribution is -2.28. The lowest BCUT2D eigenvalue weighted by molar-refractivity contribution is 0.217. The summed E-state index contributed by atoms with van der Waals surface area (Å²) in [5.41, 5.74) is 5.84. The van der Waals surface area contributed by atoms with Gasteiger partial charge in [-0.05, 0) is 97.8 Å². The highest BCUT2D eigenvalue weighted by Crippen LogP contribution is 2.40. The van der Waals surface area contributed by atoms with E-state index in [2.05, 4.69) is 42.7 Å². The summed E-state index contributed by atoms with van der Waals surface area (Å²) in [4.78, 5) is 4.55. The maximum Gasteiger partial charge on any atom is 0.165 e. The number of aryl methyl sites for hydroxylation is 1. The molecule has 38 heavy (non-hydrogen) atoms. The first-order chi connectivity index (χ1) is 18.4. The molecule has 0 radical (unpaired) electrons. The molecule has 1 aliphatic carbocycles. The largest absolute Gasteiger partial charge is 0.508 e. The normalized spacial score (nSPS) is 14.8. The number of phenols is 1. The number of nitrogens with zero attached hydrogens (tertiary/aromatic N) is 2. The van der Waals surface area contributed by atoms with Crippen molar-refractivity contribution in [2.75, 3.05) is 44.8 Å². The molecule has 4 rings (SSSR count). The molecule has 0 bridgehead atoms. The Balaban J connectivity index is 1.52. The number of aromatic hydroxyl groups is 1. The molecule has 0 heterocycles. The zero-order valence-electron chi connectivity index (χ0n) is 23.2. The Morgan fingerprint density at radius 3 is 2.47 bits per heavy atom. The highest BCUT2D eigenvalue weighted by molar-refractivity contribution is 5.60. The summed E-state index contributed by atoms with van der Waals surface area (Å²) >= 11 is 0. The zero-order valence-corrected chi connectivity index (χ0v) is 23.2. The predicted molar refractivity (Wildman–Crippen MR) is 152 cm³/mol. The molecule has 3 aromatic rings. The van der Waals surface area contributed by atoms with E-state index in [0.29, 0.717) is 30.6 Å². The van der Waals surface area contributed by atoms with Gasteiger partial charge in [0, 0.05) is 31.4 Å². The molecule has 0 saturated carbocycles. The van der Waals surface area contributed by atoms with Gasteiger partial charge in [0.2, 0.25) is 0 Å². The summed E-state index contributed by atoms with van der Waals surface area (Å²) in [7, 11) is 1.69. The first-order valence-electron chi connectivity index (χ1n) is 13.8. The molecule has 204 valence electrons. The van der Waals surface area contributed by atoms with E-state index in [1.807, 2.05) is 24.3 Å². The van der Waals surface area contributed by atoms with Crippen molar-refractivity contribution >= 4 is 5.69 Å². The fourth-order valence-corrected chi connectivity index (χ4v) is 5.45. The molecule has 1 aliphatic rings. The van der Waals surface area contributed by atoms with Gasteiger partial charge in [0.15, 0.2) is 11.6 Å². The fraction of sp³-hybridized carbons (Fsp3) is 0.438. The number of likely N-dealkylation sites (N-methyl/N-ethyl adjacent to an activating group) is 1. The molecule has 0 fully saturated rings. The van der Waals surface area contributed by atoms with Crippen molar-refractivity contribution in [3.8, 4) is 17.2 Å². The van der Waals surface area contributed by atoms with Gasteiger partial charge >= 0.3 is 0 Å². The Hall–Kier alpha value is -3.25. The number of hydrogen-bond donors (Lipinski definition) is 1. The van der Waals surface area contributed by atoms with E-state index in [9.17, 15) is 9.50 Å². The minimum atomic E-state index is -0.323. The number of halogens is 1. The summed E-state index contributed by atoms with van der Waals surface area (Å²) < 4.78 is 26.3. The Bertz CT molecular complexity index is 1210. The first kappa shape index (κ1) is 27.8. The second-order valence-corrected chi connectivity index (χ2v) is 9.97. The van der Waals surface area contributed by atoms with Crippen molar-refractivity contribution in [2.45, 2.75) is 52.5 Å². The summed E-state index contributed by atoms with van der Waals surface area (Å²) in [6, 6.07) is 17.3. The molecule has 5 nitrogen and oxygen atoms in total. The van der Waals surface area contributed by atoms with Crippen molar-refractivity contribution in [2.24, 2.45) is 0 Å². The molecule has 0 aliphatic heterocycles. The Morgan fingerprint density at radius 1 is 0.947 bits per heavy atom. The number of benzene rings is 3. The van der Waals surface area contributed by atoms with Crippen molar-refractivity contribution in [3.05, 3.63) is 82.7 Å². The van der Waals surface area contributed by atoms with E-state index >= 15 is 0 Å². The van der Waals surface area contributed by atoms with Crippen LogP contribution in [0.25, 0.3) is 0 Å². The quantitative estimate of drug-likeness (QED) is 0.293.